The quantitative estimate of drug-likeness (QED) is 0.825. The molecule has 7 heteroatoms. The number of hydrogen-bond acceptors (Lipinski definition) is 4. The van der Waals surface area contributed by atoms with Crippen LogP contribution in [-0.4, -0.2) is 19.5 Å². The second-order valence-electron chi connectivity index (χ2n) is 6.67. The van der Waals surface area contributed by atoms with Gasteiger partial charge in [0, 0.05) is 13.5 Å². The molecule has 2 saturated carbocycles. The largest absolute Gasteiger partial charge is 0.329 e. The van der Waals surface area contributed by atoms with Crippen LogP contribution in [0, 0.1) is 22.4 Å². The summed E-state index contributed by atoms with van der Waals surface area (Å²) in [6.45, 7) is 0. The van der Waals surface area contributed by atoms with E-state index in [1.807, 2.05) is 0 Å². The highest BCUT2D eigenvalue weighted by atomic mass is 32.1. The Hall–Kier alpha value is -1.76. The lowest BCUT2D eigenvalue weighted by Crippen LogP contribution is -2.30. The second kappa shape index (κ2) is 4.87. The SMILES string of the molecule is Cn1c(=O)[nH]c(=O)c2c(=S)nc(CC3CC4CCC3C4)[nH]c21. The maximum atomic E-state index is 11.9. The molecular weight excluding hydrogens is 300 g/mol. The maximum absolute atomic E-state index is 11.9. The van der Waals surface area contributed by atoms with E-state index in [4.69, 9.17) is 12.2 Å². The first-order chi connectivity index (χ1) is 10.5. The molecule has 2 aliphatic rings. The number of nitrogens with zero attached hydrogens (tertiary/aromatic N) is 2. The van der Waals surface area contributed by atoms with Crippen molar-refractivity contribution in [1.82, 2.24) is 19.5 Å². The van der Waals surface area contributed by atoms with Gasteiger partial charge in [0.1, 0.15) is 21.5 Å². The minimum Gasteiger partial charge on any atom is -0.329 e. The van der Waals surface area contributed by atoms with Crippen LogP contribution in [0.4, 0.5) is 0 Å². The monoisotopic (exact) mass is 318 g/mol. The van der Waals surface area contributed by atoms with Crippen LogP contribution in [0.5, 0.6) is 0 Å². The number of rotatable bonds is 2. The van der Waals surface area contributed by atoms with Crippen LogP contribution in [0.25, 0.3) is 11.0 Å². The fourth-order valence-electron chi connectivity index (χ4n) is 4.28. The molecule has 2 fully saturated rings. The Balaban J connectivity index is 1.80. The van der Waals surface area contributed by atoms with Crippen molar-refractivity contribution in [2.24, 2.45) is 24.8 Å². The number of hydrogen-bond donors (Lipinski definition) is 2. The third kappa shape index (κ3) is 2.06. The summed E-state index contributed by atoms with van der Waals surface area (Å²) in [5.74, 6) is 3.11. The Kier molecular flexibility index (Phi) is 3.07. The van der Waals surface area contributed by atoms with Gasteiger partial charge in [-0.2, -0.15) is 0 Å². The summed E-state index contributed by atoms with van der Waals surface area (Å²) >= 11 is 5.27. The zero-order valence-corrected chi connectivity index (χ0v) is 13.2. The average Bonchev–Trinajstić information content (AvgIpc) is 3.06. The summed E-state index contributed by atoms with van der Waals surface area (Å²) < 4.78 is 1.65. The predicted octanol–water partition coefficient (Wildman–Crippen LogP) is 1.66. The van der Waals surface area contributed by atoms with Crippen LogP contribution >= 0.6 is 12.2 Å². The molecule has 3 unspecified atom stereocenters. The molecule has 0 radical (unpaired) electrons. The molecule has 2 aromatic heterocycles. The van der Waals surface area contributed by atoms with Crippen LogP contribution in [0.3, 0.4) is 0 Å². The Morgan fingerprint density at radius 3 is 2.77 bits per heavy atom. The van der Waals surface area contributed by atoms with Crippen LogP contribution in [-0.2, 0) is 13.5 Å². The van der Waals surface area contributed by atoms with E-state index in [0.717, 1.165) is 24.1 Å². The van der Waals surface area contributed by atoms with Crippen molar-refractivity contribution in [2.45, 2.75) is 32.1 Å². The zero-order chi connectivity index (χ0) is 15.4. The Bertz CT molecular complexity index is 926. The van der Waals surface area contributed by atoms with E-state index in [1.54, 1.807) is 7.05 Å². The molecule has 2 N–H and O–H groups in total. The minimum atomic E-state index is -0.474. The first kappa shape index (κ1) is 13.9. The molecule has 2 heterocycles. The molecule has 0 aliphatic heterocycles. The lowest BCUT2D eigenvalue weighted by Gasteiger charge is -2.21. The van der Waals surface area contributed by atoms with Gasteiger partial charge in [0.15, 0.2) is 0 Å². The normalized spacial score (nSPS) is 26.9. The Morgan fingerprint density at radius 2 is 2.09 bits per heavy atom. The van der Waals surface area contributed by atoms with Gasteiger partial charge in [0.2, 0.25) is 0 Å². The molecule has 0 spiro atoms. The van der Waals surface area contributed by atoms with Crippen LogP contribution in [0.15, 0.2) is 9.59 Å². The summed E-state index contributed by atoms with van der Waals surface area (Å²) in [6.07, 6.45) is 6.14. The maximum Gasteiger partial charge on any atom is 0.329 e. The van der Waals surface area contributed by atoms with Crippen LogP contribution < -0.4 is 11.2 Å². The average molecular weight is 318 g/mol. The lowest BCUT2D eigenvalue weighted by atomic mass is 9.86. The summed E-state index contributed by atoms with van der Waals surface area (Å²) in [6, 6.07) is 0. The summed E-state index contributed by atoms with van der Waals surface area (Å²) in [4.78, 5) is 33.5. The van der Waals surface area contributed by atoms with Gasteiger partial charge in [-0.3, -0.25) is 14.3 Å². The van der Waals surface area contributed by atoms with Gasteiger partial charge in [-0.15, -0.1) is 0 Å². The zero-order valence-electron chi connectivity index (χ0n) is 12.4. The first-order valence-electron chi connectivity index (χ1n) is 7.75. The molecular formula is C15H18N4O2S. The van der Waals surface area contributed by atoms with Gasteiger partial charge in [-0.1, -0.05) is 18.6 Å². The van der Waals surface area contributed by atoms with E-state index in [1.165, 1.54) is 30.3 Å². The number of H-pyrrole nitrogens is 2. The second-order valence-corrected chi connectivity index (χ2v) is 7.06. The van der Waals surface area contributed by atoms with E-state index in [9.17, 15) is 9.59 Å². The number of aryl methyl sites for hydroxylation is 1. The van der Waals surface area contributed by atoms with E-state index in [0.29, 0.717) is 11.6 Å². The third-order valence-electron chi connectivity index (χ3n) is 5.38. The lowest BCUT2D eigenvalue weighted by molar-refractivity contribution is 0.327. The fraction of sp³-hybridized carbons (Fsp3) is 0.600. The van der Waals surface area contributed by atoms with Crippen molar-refractivity contribution < 1.29 is 0 Å². The molecule has 0 aromatic carbocycles. The fourth-order valence-corrected chi connectivity index (χ4v) is 4.58. The molecule has 2 aliphatic carbocycles. The van der Waals surface area contributed by atoms with Crippen molar-refractivity contribution in [1.29, 1.82) is 0 Å². The van der Waals surface area contributed by atoms with Crippen molar-refractivity contribution in [3.63, 3.8) is 0 Å². The molecule has 3 atom stereocenters. The first-order valence-corrected chi connectivity index (χ1v) is 8.16. The third-order valence-corrected chi connectivity index (χ3v) is 5.67. The molecule has 0 saturated heterocycles. The van der Waals surface area contributed by atoms with E-state index >= 15 is 0 Å². The topological polar surface area (TPSA) is 83.5 Å². The molecule has 2 aromatic rings. The van der Waals surface area contributed by atoms with Gasteiger partial charge in [0.25, 0.3) is 5.56 Å². The van der Waals surface area contributed by atoms with E-state index in [-0.39, 0.29) is 10.0 Å². The van der Waals surface area contributed by atoms with E-state index < -0.39 is 11.2 Å². The number of nitrogens with one attached hydrogen (secondary N) is 2. The van der Waals surface area contributed by atoms with Crippen molar-refractivity contribution in [2.75, 3.05) is 0 Å². The molecule has 4 rings (SSSR count). The molecule has 2 bridgehead atoms. The Morgan fingerprint density at radius 1 is 1.27 bits per heavy atom. The number of aromatic amines is 2. The van der Waals surface area contributed by atoms with Gasteiger partial charge >= 0.3 is 5.69 Å². The molecule has 22 heavy (non-hydrogen) atoms. The highest BCUT2D eigenvalue weighted by molar-refractivity contribution is 7.71. The molecule has 116 valence electrons. The van der Waals surface area contributed by atoms with Gasteiger partial charge in [0.05, 0.1) is 0 Å². The van der Waals surface area contributed by atoms with Gasteiger partial charge in [-0.05, 0) is 37.0 Å². The summed E-state index contributed by atoms with van der Waals surface area (Å²) in [5, 5.41) is 0.286. The van der Waals surface area contributed by atoms with E-state index in [2.05, 4.69) is 15.0 Å². The van der Waals surface area contributed by atoms with Gasteiger partial charge in [-0.25, -0.2) is 9.78 Å². The number of aromatic nitrogens is 4. The van der Waals surface area contributed by atoms with Crippen LogP contribution in [0.2, 0.25) is 0 Å². The van der Waals surface area contributed by atoms with Crippen molar-refractivity contribution >= 4 is 23.3 Å². The van der Waals surface area contributed by atoms with Crippen molar-refractivity contribution in [3.05, 3.63) is 31.3 Å². The highest BCUT2D eigenvalue weighted by Crippen LogP contribution is 2.49. The minimum absolute atomic E-state index is 0.267. The van der Waals surface area contributed by atoms with Gasteiger partial charge < -0.3 is 4.98 Å². The predicted molar refractivity (Wildman–Crippen MR) is 85.4 cm³/mol. The summed E-state index contributed by atoms with van der Waals surface area (Å²) in [5.41, 5.74) is -0.453. The molecule has 0 amide bonds. The van der Waals surface area contributed by atoms with Crippen LogP contribution in [0.1, 0.15) is 31.5 Å². The Labute approximate surface area is 131 Å². The standard InChI is InChI=1S/C15H18N4O2S/c1-19-12-11(13(20)18-15(19)21)14(22)17-10(16-12)6-9-5-7-2-3-8(9)4-7/h7-9H,2-6H2,1H3,(H,16,17,22)(H,18,20,21). The molecule has 6 nitrogen and oxygen atoms in total. The number of fused-ring (bicyclic) bond motifs is 3. The highest BCUT2D eigenvalue weighted by Gasteiger charge is 2.39. The summed E-state index contributed by atoms with van der Waals surface area (Å²) in [7, 11) is 1.62. The smallest absolute Gasteiger partial charge is 0.329 e. The van der Waals surface area contributed by atoms with Crippen molar-refractivity contribution in [3.8, 4) is 0 Å².